The zero-order valence-electron chi connectivity index (χ0n) is 14.9. The van der Waals surface area contributed by atoms with Crippen LogP contribution in [0.1, 0.15) is 62.1 Å². The fourth-order valence-corrected chi connectivity index (χ4v) is 4.21. The van der Waals surface area contributed by atoms with Crippen molar-refractivity contribution in [2.24, 2.45) is 5.92 Å². The van der Waals surface area contributed by atoms with Gasteiger partial charge < -0.3 is 5.11 Å². The highest BCUT2D eigenvalue weighted by Gasteiger charge is 2.38. The fraction of sp³-hybridized carbons (Fsp3) is 0.478. The molecule has 128 valence electrons. The summed E-state index contributed by atoms with van der Waals surface area (Å²) in [7, 11) is 0. The second-order valence-electron chi connectivity index (χ2n) is 7.37. The van der Waals surface area contributed by atoms with Gasteiger partial charge in [0.05, 0.1) is 5.60 Å². The molecule has 2 aromatic carbocycles. The predicted molar refractivity (Wildman–Crippen MR) is 101 cm³/mol. The molecule has 1 heteroatoms. The van der Waals surface area contributed by atoms with Gasteiger partial charge in [0.25, 0.3) is 0 Å². The number of aliphatic hydroxyl groups is 1. The molecule has 1 N–H and O–H groups in total. The first-order valence-corrected chi connectivity index (χ1v) is 9.58. The lowest BCUT2D eigenvalue weighted by molar-refractivity contribution is -0.0386. The molecule has 0 bridgehead atoms. The molecule has 0 spiro atoms. The molecule has 0 aromatic heterocycles. The van der Waals surface area contributed by atoms with Crippen LogP contribution >= 0.6 is 0 Å². The average molecular weight is 322 g/mol. The molecule has 0 saturated heterocycles. The van der Waals surface area contributed by atoms with E-state index in [1.54, 1.807) is 0 Å². The van der Waals surface area contributed by atoms with Gasteiger partial charge in [0.1, 0.15) is 0 Å². The van der Waals surface area contributed by atoms with Gasteiger partial charge in [0, 0.05) is 6.42 Å². The van der Waals surface area contributed by atoms with Crippen LogP contribution in [0.25, 0.3) is 0 Å². The van der Waals surface area contributed by atoms with Crippen molar-refractivity contribution in [2.75, 3.05) is 0 Å². The van der Waals surface area contributed by atoms with Crippen molar-refractivity contribution in [3.05, 3.63) is 71.3 Å². The van der Waals surface area contributed by atoms with Crippen molar-refractivity contribution in [1.82, 2.24) is 0 Å². The normalized spacial score (nSPS) is 18.2. The molecule has 0 amide bonds. The van der Waals surface area contributed by atoms with Crippen molar-refractivity contribution >= 4 is 0 Å². The van der Waals surface area contributed by atoms with Crippen molar-refractivity contribution < 1.29 is 5.11 Å². The Hall–Kier alpha value is -1.60. The first-order valence-electron chi connectivity index (χ1n) is 9.58. The molecule has 1 saturated carbocycles. The van der Waals surface area contributed by atoms with E-state index in [-0.39, 0.29) is 0 Å². The van der Waals surface area contributed by atoms with Crippen LogP contribution in [0.4, 0.5) is 0 Å². The zero-order valence-corrected chi connectivity index (χ0v) is 14.9. The van der Waals surface area contributed by atoms with E-state index in [9.17, 15) is 5.11 Å². The highest BCUT2D eigenvalue weighted by molar-refractivity contribution is 5.30. The summed E-state index contributed by atoms with van der Waals surface area (Å²) in [6, 6.07) is 19.2. The Kier molecular flexibility index (Phi) is 5.73. The summed E-state index contributed by atoms with van der Waals surface area (Å²) in [4.78, 5) is 0. The van der Waals surface area contributed by atoms with E-state index >= 15 is 0 Å². The van der Waals surface area contributed by atoms with Crippen LogP contribution in [0.2, 0.25) is 0 Å². The molecule has 24 heavy (non-hydrogen) atoms. The lowest BCUT2D eigenvalue weighted by Gasteiger charge is -2.39. The Bertz CT molecular complexity index is 610. The quantitative estimate of drug-likeness (QED) is 0.728. The standard InChI is InChI=1S/C23H30O/c1-2-9-19-14-16-20(17-15-19)18-23(24,21-10-5-3-6-11-21)22-12-7-4-8-13-22/h3,5-6,10-11,14-17,22,24H,2,4,7-9,12-13,18H2,1H3. The van der Waals surface area contributed by atoms with Gasteiger partial charge in [-0.3, -0.25) is 0 Å². The van der Waals surface area contributed by atoms with Crippen LogP contribution in [-0.4, -0.2) is 5.11 Å². The van der Waals surface area contributed by atoms with Gasteiger partial charge in [-0.15, -0.1) is 0 Å². The summed E-state index contributed by atoms with van der Waals surface area (Å²) >= 11 is 0. The van der Waals surface area contributed by atoms with Crippen molar-refractivity contribution in [3.63, 3.8) is 0 Å². The largest absolute Gasteiger partial charge is 0.385 e. The van der Waals surface area contributed by atoms with E-state index in [0.29, 0.717) is 12.3 Å². The van der Waals surface area contributed by atoms with Crippen LogP contribution in [0.15, 0.2) is 54.6 Å². The number of hydrogen-bond acceptors (Lipinski definition) is 1. The minimum atomic E-state index is -0.742. The summed E-state index contributed by atoms with van der Waals surface area (Å²) in [5.41, 5.74) is 2.97. The third-order valence-electron chi connectivity index (χ3n) is 5.59. The topological polar surface area (TPSA) is 20.2 Å². The molecule has 1 unspecified atom stereocenters. The van der Waals surface area contributed by atoms with Crippen LogP contribution in [0.5, 0.6) is 0 Å². The Morgan fingerprint density at radius 2 is 1.50 bits per heavy atom. The number of aryl methyl sites for hydroxylation is 1. The van der Waals surface area contributed by atoms with Crippen LogP contribution in [0.3, 0.4) is 0 Å². The first kappa shape index (κ1) is 17.2. The van der Waals surface area contributed by atoms with Gasteiger partial charge in [-0.25, -0.2) is 0 Å². The van der Waals surface area contributed by atoms with E-state index in [2.05, 4.69) is 43.3 Å². The molecule has 1 nitrogen and oxygen atoms in total. The summed E-state index contributed by atoms with van der Waals surface area (Å²) in [5.74, 6) is 0.365. The minimum absolute atomic E-state index is 0.365. The van der Waals surface area contributed by atoms with Crippen molar-refractivity contribution in [2.45, 2.75) is 63.9 Å². The predicted octanol–water partition coefficient (Wildman–Crippen LogP) is 5.65. The Morgan fingerprint density at radius 3 is 2.12 bits per heavy atom. The lowest BCUT2D eigenvalue weighted by atomic mass is 9.70. The van der Waals surface area contributed by atoms with E-state index in [0.717, 1.165) is 24.8 Å². The Labute approximate surface area is 146 Å². The number of rotatable bonds is 6. The van der Waals surface area contributed by atoms with Gasteiger partial charge in [0.15, 0.2) is 0 Å². The van der Waals surface area contributed by atoms with Crippen LogP contribution in [-0.2, 0) is 18.4 Å². The van der Waals surface area contributed by atoms with Crippen molar-refractivity contribution in [1.29, 1.82) is 0 Å². The smallest absolute Gasteiger partial charge is 0.0964 e. The maximum absolute atomic E-state index is 11.7. The molecule has 1 atom stereocenters. The highest BCUT2D eigenvalue weighted by Crippen LogP contribution is 2.41. The first-order chi connectivity index (χ1) is 11.7. The summed E-state index contributed by atoms with van der Waals surface area (Å²) in [5, 5.41) is 11.7. The molecule has 1 fully saturated rings. The molecule has 1 aliphatic rings. The molecule has 0 aliphatic heterocycles. The summed E-state index contributed by atoms with van der Waals surface area (Å²) in [6.07, 6.45) is 9.10. The van der Waals surface area contributed by atoms with Gasteiger partial charge in [-0.05, 0) is 41.9 Å². The van der Waals surface area contributed by atoms with Crippen LogP contribution < -0.4 is 0 Å². The monoisotopic (exact) mass is 322 g/mol. The van der Waals surface area contributed by atoms with Crippen LogP contribution in [0, 0.1) is 5.92 Å². The maximum Gasteiger partial charge on any atom is 0.0964 e. The number of hydrogen-bond donors (Lipinski definition) is 1. The third kappa shape index (κ3) is 3.89. The summed E-state index contributed by atoms with van der Waals surface area (Å²) < 4.78 is 0. The zero-order chi connectivity index (χ0) is 16.8. The molecule has 1 aliphatic carbocycles. The lowest BCUT2D eigenvalue weighted by Crippen LogP contribution is -2.38. The second-order valence-corrected chi connectivity index (χ2v) is 7.37. The molecule has 0 radical (unpaired) electrons. The third-order valence-corrected chi connectivity index (χ3v) is 5.59. The van der Waals surface area contributed by atoms with Gasteiger partial charge in [-0.2, -0.15) is 0 Å². The molecular formula is C23H30O. The van der Waals surface area contributed by atoms with E-state index < -0.39 is 5.60 Å². The van der Waals surface area contributed by atoms with Gasteiger partial charge >= 0.3 is 0 Å². The van der Waals surface area contributed by atoms with Crippen molar-refractivity contribution in [3.8, 4) is 0 Å². The van der Waals surface area contributed by atoms with E-state index in [1.807, 2.05) is 18.2 Å². The Morgan fingerprint density at radius 1 is 0.875 bits per heavy atom. The Balaban J connectivity index is 1.86. The van der Waals surface area contributed by atoms with Gasteiger partial charge in [-0.1, -0.05) is 87.2 Å². The number of benzene rings is 2. The second kappa shape index (κ2) is 7.98. The average Bonchev–Trinajstić information content (AvgIpc) is 2.65. The molecule has 3 rings (SSSR count). The SMILES string of the molecule is CCCc1ccc(CC(O)(c2ccccc2)C2CCCCC2)cc1. The van der Waals surface area contributed by atoms with E-state index in [4.69, 9.17) is 0 Å². The fourth-order valence-electron chi connectivity index (χ4n) is 4.21. The minimum Gasteiger partial charge on any atom is -0.385 e. The maximum atomic E-state index is 11.7. The molecule has 0 heterocycles. The molecule has 2 aromatic rings. The van der Waals surface area contributed by atoms with E-state index in [1.165, 1.54) is 36.8 Å². The molecular weight excluding hydrogens is 292 g/mol. The highest BCUT2D eigenvalue weighted by atomic mass is 16.3. The van der Waals surface area contributed by atoms with Gasteiger partial charge in [0.2, 0.25) is 0 Å². The summed E-state index contributed by atoms with van der Waals surface area (Å²) in [6.45, 7) is 2.21.